The van der Waals surface area contributed by atoms with Gasteiger partial charge in [0.25, 0.3) is 0 Å². The summed E-state index contributed by atoms with van der Waals surface area (Å²) in [5, 5.41) is 4.51. The number of aromatic nitrogens is 5. The van der Waals surface area contributed by atoms with Crippen LogP contribution in [-0.4, -0.2) is 37.2 Å². The molecule has 5 rings (SSSR count). The van der Waals surface area contributed by atoms with Gasteiger partial charge in [-0.2, -0.15) is 5.10 Å². The number of para-hydroxylation sites is 2. The van der Waals surface area contributed by atoms with E-state index in [1.165, 1.54) is 5.52 Å². The lowest BCUT2D eigenvalue weighted by Gasteiger charge is -2.42. The van der Waals surface area contributed by atoms with Gasteiger partial charge in [-0.25, -0.2) is 14.5 Å². The second-order valence-corrected chi connectivity index (χ2v) is 8.47. The highest BCUT2D eigenvalue weighted by molar-refractivity contribution is 5.77. The van der Waals surface area contributed by atoms with Gasteiger partial charge in [0.2, 0.25) is 0 Å². The third-order valence-corrected chi connectivity index (χ3v) is 5.29. The maximum atomic E-state index is 4.95. The first kappa shape index (κ1) is 16.3. The summed E-state index contributed by atoms with van der Waals surface area (Å²) in [4.78, 5) is 11.9. The summed E-state index contributed by atoms with van der Waals surface area (Å²) >= 11 is 0. The Morgan fingerprint density at radius 1 is 1.07 bits per heavy atom. The Morgan fingerprint density at radius 2 is 1.85 bits per heavy atom. The van der Waals surface area contributed by atoms with Crippen LogP contribution in [-0.2, 0) is 5.41 Å². The third-order valence-electron chi connectivity index (χ3n) is 5.29. The number of anilines is 1. The zero-order valence-electron chi connectivity index (χ0n) is 16.2. The van der Waals surface area contributed by atoms with E-state index in [4.69, 9.17) is 4.98 Å². The molecule has 0 aliphatic carbocycles. The van der Waals surface area contributed by atoms with Gasteiger partial charge in [0.15, 0.2) is 5.82 Å². The minimum absolute atomic E-state index is 0.000264. The lowest BCUT2D eigenvalue weighted by atomic mass is 9.94. The Kier molecular flexibility index (Phi) is 3.35. The molecule has 1 aromatic carbocycles. The summed E-state index contributed by atoms with van der Waals surface area (Å²) in [6.45, 7) is 10.6. The summed E-state index contributed by atoms with van der Waals surface area (Å²) in [7, 11) is 0. The van der Waals surface area contributed by atoms with E-state index in [0.717, 1.165) is 41.5 Å². The summed E-state index contributed by atoms with van der Waals surface area (Å²) in [5.41, 5.74) is 4.38. The van der Waals surface area contributed by atoms with Crippen LogP contribution in [0.25, 0.3) is 16.6 Å². The second kappa shape index (κ2) is 5.55. The van der Waals surface area contributed by atoms with Crippen molar-refractivity contribution in [3.63, 3.8) is 0 Å². The molecule has 0 bridgehead atoms. The number of nitrogens with zero attached hydrogens (tertiary/aromatic N) is 6. The first-order valence-electron chi connectivity index (χ1n) is 9.45. The number of aryl methyl sites for hydroxylation is 1. The van der Waals surface area contributed by atoms with Crippen LogP contribution < -0.4 is 4.90 Å². The minimum Gasteiger partial charge on any atom is -0.351 e. The number of benzene rings is 1. The molecule has 6 nitrogen and oxygen atoms in total. The number of hydrogen-bond donors (Lipinski definition) is 0. The predicted octanol–water partition coefficient (Wildman–Crippen LogP) is 3.75. The van der Waals surface area contributed by atoms with Crippen molar-refractivity contribution >= 4 is 22.4 Å². The monoisotopic (exact) mass is 360 g/mol. The molecule has 1 saturated heterocycles. The van der Waals surface area contributed by atoms with Crippen molar-refractivity contribution in [3.05, 3.63) is 54.2 Å². The molecular weight excluding hydrogens is 336 g/mol. The van der Waals surface area contributed by atoms with Crippen LogP contribution in [0.1, 0.15) is 38.3 Å². The zero-order valence-corrected chi connectivity index (χ0v) is 16.2. The van der Waals surface area contributed by atoms with Crippen molar-refractivity contribution in [2.45, 2.75) is 39.2 Å². The molecule has 4 aromatic rings. The van der Waals surface area contributed by atoms with Crippen LogP contribution >= 0.6 is 0 Å². The number of imidazole rings is 1. The van der Waals surface area contributed by atoms with Gasteiger partial charge in [0, 0.05) is 30.9 Å². The van der Waals surface area contributed by atoms with Crippen molar-refractivity contribution in [2.75, 3.05) is 18.0 Å². The highest BCUT2D eigenvalue weighted by atomic mass is 15.3. The standard InChI is InChI=1S/C21H24N6/c1-14-11-18-19(22-9-10-26(18)24-14)25-12-15(13-25)27-17-8-6-5-7-16(17)23-20(27)21(2,3)4/h5-11,15H,12-13H2,1-4H3. The minimum atomic E-state index is 0.000264. The molecule has 4 heterocycles. The van der Waals surface area contributed by atoms with Gasteiger partial charge < -0.3 is 9.47 Å². The molecular formula is C21H24N6. The van der Waals surface area contributed by atoms with Crippen LogP contribution in [0.4, 0.5) is 5.82 Å². The summed E-state index contributed by atoms with van der Waals surface area (Å²) in [6, 6.07) is 10.9. The Morgan fingerprint density at radius 3 is 2.63 bits per heavy atom. The van der Waals surface area contributed by atoms with Crippen molar-refractivity contribution in [3.8, 4) is 0 Å². The predicted molar refractivity (Wildman–Crippen MR) is 107 cm³/mol. The van der Waals surface area contributed by atoms with E-state index in [1.807, 2.05) is 23.8 Å². The van der Waals surface area contributed by atoms with Crippen LogP contribution in [0, 0.1) is 6.92 Å². The average molecular weight is 360 g/mol. The Labute approximate surface area is 158 Å². The molecule has 0 unspecified atom stereocenters. The number of hydrogen-bond acceptors (Lipinski definition) is 4. The molecule has 3 aromatic heterocycles. The van der Waals surface area contributed by atoms with Gasteiger partial charge >= 0.3 is 0 Å². The van der Waals surface area contributed by atoms with Crippen LogP contribution in [0.3, 0.4) is 0 Å². The largest absolute Gasteiger partial charge is 0.351 e. The van der Waals surface area contributed by atoms with Crippen molar-refractivity contribution in [1.82, 2.24) is 24.1 Å². The Balaban J connectivity index is 1.52. The molecule has 6 heteroatoms. The topological polar surface area (TPSA) is 51.2 Å². The zero-order chi connectivity index (χ0) is 18.8. The molecule has 1 aliphatic heterocycles. The fourth-order valence-electron chi connectivity index (χ4n) is 4.01. The molecule has 1 fully saturated rings. The smallest absolute Gasteiger partial charge is 0.154 e. The SMILES string of the molecule is Cc1cc2c(N3CC(n4c(C(C)(C)C)nc5ccccc54)C3)nccn2n1. The molecule has 0 amide bonds. The molecule has 0 radical (unpaired) electrons. The van der Waals surface area contributed by atoms with Crippen LogP contribution in [0.15, 0.2) is 42.7 Å². The van der Waals surface area contributed by atoms with Gasteiger partial charge in [-0.3, -0.25) is 0 Å². The molecule has 1 aliphatic rings. The van der Waals surface area contributed by atoms with Crippen molar-refractivity contribution < 1.29 is 0 Å². The van der Waals surface area contributed by atoms with E-state index >= 15 is 0 Å². The van der Waals surface area contributed by atoms with E-state index in [1.54, 1.807) is 0 Å². The van der Waals surface area contributed by atoms with E-state index in [9.17, 15) is 0 Å². The van der Waals surface area contributed by atoms with E-state index in [0.29, 0.717) is 6.04 Å². The van der Waals surface area contributed by atoms with Crippen molar-refractivity contribution in [1.29, 1.82) is 0 Å². The highest BCUT2D eigenvalue weighted by Gasteiger charge is 2.35. The fourth-order valence-corrected chi connectivity index (χ4v) is 4.01. The third kappa shape index (κ3) is 2.51. The highest BCUT2D eigenvalue weighted by Crippen LogP contribution is 2.35. The molecule has 0 N–H and O–H groups in total. The van der Waals surface area contributed by atoms with Gasteiger partial charge in [0.1, 0.15) is 11.3 Å². The summed E-state index contributed by atoms with van der Waals surface area (Å²) in [5.74, 6) is 2.16. The normalized spacial score (nSPS) is 15.6. The van der Waals surface area contributed by atoms with E-state index < -0.39 is 0 Å². The van der Waals surface area contributed by atoms with Crippen LogP contribution in [0.2, 0.25) is 0 Å². The van der Waals surface area contributed by atoms with E-state index in [2.05, 4.69) is 70.7 Å². The van der Waals surface area contributed by atoms with E-state index in [-0.39, 0.29) is 5.41 Å². The fraction of sp³-hybridized carbons (Fsp3) is 0.381. The quantitative estimate of drug-likeness (QED) is 0.546. The average Bonchev–Trinajstić information content (AvgIpc) is 3.14. The molecule has 138 valence electrons. The second-order valence-electron chi connectivity index (χ2n) is 8.47. The first-order valence-corrected chi connectivity index (χ1v) is 9.45. The maximum absolute atomic E-state index is 4.95. The van der Waals surface area contributed by atoms with Crippen molar-refractivity contribution in [2.24, 2.45) is 0 Å². The van der Waals surface area contributed by atoms with Gasteiger partial charge in [-0.15, -0.1) is 0 Å². The Bertz CT molecular complexity index is 1140. The number of rotatable bonds is 2. The maximum Gasteiger partial charge on any atom is 0.154 e. The molecule has 0 spiro atoms. The van der Waals surface area contributed by atoms with Gasteiger partial charge in [-0.1, -0.05) is 32.9 Å². The van der Waals surface area contributed by atoms with Gasteiger partial charge in [0.05, 0.1) is 22.8 Å². The summed E-state index contributed by atoms with van der Waals surface area (Å²) in [6.07, 6.45) is 3.74. The lowest BCUT2D eigenvalue weighted by Crippen LogP contribution is -2.49. The van der Waals surface area contributed by atoms with Gasteiger partial charge in [-0.05, 0) is 25.1 Å². The molecule has 0 saturated carbocycles. The molecule has 27 heavy (non-hydrogen) atoms. The number of fused-ring (bicyclic) bond motifs is 2. The van der Waals surface area contributed by atoms with Crippen LogP contribution in [0.5, 0.6) is 0 Å². The molecule has 0 atom stereocenters. The first-order chi connectivity index (χ1) is 12.9. The lowest BCUT2D eigenvalue weighted by molar-refractivity contribution is 0.372. The Hall–Kier alpha value is -2.89. The summed E-state index contributed by atoms with van der Waals surface area (Å²) < 4.78 is 4.35.